The molecule has 0 saturated heterocycles. The molecule has 3 aromatic rings. The van der Waals surface area contributed by atoms with Crippen LogP contribution in [-0.4, -0.2) is 15.5 Å². The number of hydrogen-bond acceptors (Lipinski definition) is 4. The topological polar surface area (TPSA) is 64.0 Å². The van der Waals surface area contributed by atoms with Crippen LogP contribution in [-0.2, 0) is 11.3 Å². The van der Waals surface area contributed by atoms with Crippen molar-refractivity contribution < 1.29 is 4.79 Å². The highest BCUT2D eigenvalue weighted by atomic mass is 35.5. The molecular weight excluding hydrogens is 346 g/mol. The fraction of sp³-hybridized carbons (Fsp3) is 0.118. The predicted octanol–water partition coefficient (Wildman–Crippen LogP) is 3.57. The zero-order valence-electron chi connectivity index (χ0n) is 12.8. The Morgan fingerprint density at radius 1 is 1.33 bits per heavy atom. The van der Waals surface area contributed by atoms with E-state index < -0.39 is 0 Å². The number of nitrogens with zero attached hydrogens (tertiary/aromatic N) is 2. The van der Waals surface area contributed by atoms with Gasteiger partial charge in [-0.25, -0.2) is 4.98 Å². The number of rotatable bonds is 4. The van der Waals surface area contributed by atoms with Gasteiger partial charge in [0.15, 0.2) is 0 Å². The lowest BCUT2D eigenvalue weighted by Crippen LogP contribution is -2.27. The Kier molecular flexibility index (Phi) is 4.78. The highest BCUT2D eigenvalue weighted by Gasteiger charge is 2.09. The first kappa shape index (κ1) is 16.4. The Labute approximate surface area is 147 Å². The van der Waals surface area contributed by atoms with Crippen molar-refractivity contribution >= 4 is 34.5 Å². The monoisotopic (exact) mass is 359 g/mol. The van der Waals surface area contributed by atoms with E-state index >= 15 is 0 Å². The molecule has 2 aromatic heterocycles. The lowest BCUT2D eigenvalue weighted by molar-refractivity contribution is -0.116. The van der Waals surface area contributed by atoms with E-state index in [2.05, 4.69) is 10.3 Å². The molecule has 0 aliphatic rings. The fourth-order valence-corrected chi connectivity index (χ4v) is 3.04. The molecule has 0 fully saturated rings. The molecule has 2 heterocycles. The van der Waals surface area contributed by atoms with E-state index in [0.717, 1.165) is 10.4 Å². The van der Waals surface area contributed by atoms with Gasteiger partial charge >= 0.3 is 0 Å². The Balaban J connectivity index is 1.75. The number of halogens is 1. The van der Waals surface area contributed by atoms with Gasteiger partial charge in [0.05, 0.1) is 16.9 Å². The smallest absolute Gasteiger partial charge is 0.254 e. The molecule has 0 atom stereocenters. The summed E-state index contributed by atoms with van der Waals surface area (Å²) in [6.45, 7) is 1.76. The minimum atomic E-state index is -0.312. The summed E-state index contributed by atoms with van der Waals surface area (Å²) in [6, 6.07) is 10.5. The molecule has 0 bridgehead atoms. The number of thiophene rings is 1. The van der Waals surface area contributed by atoms with Gasteiger partial charge in [-0.2, -0.15) is 0 Å². The first-order valence-electron chi connectivity index (χ1n) is 7.19. The second kappa shape index (κ2) is 6.98. The molecular formula is C17H14ClN3O2S. The van der Waals surface area contributed by atoms with Gasteiger partial charge < -0.3 is 5.32 Å². The van der Waals surface area contributed by atoms with Crippen molar-refractivity contribution in [1.82, 2.24) is 9.55 Å². The number of anilines is 1. The van der Waals surface area contributed by atoms with Crippen LogP contribution in [0.5, 0.6) is 0 Å². The van der Waals surface area contributed by atoms with Gasteiger partial charge in [0.25, 0.3) is 5.56 Å². The van der Waals surface area contributed by atoms with Crippen molar-refractivity contribution in [3.63, 3.8) is 0 Å². The largest absolute Gasteiger partial charge is 0.324 e. The first-order chi connectivity index (χ1) is 11.5. The van der Waals surface area contributed by atoms with Crippen molar-refractivity contribution in [2.45, 2.75) is 13.5 Å². The van der Waals surface area contributed by atoms with Gasteiger partial charge in [0, 0.05) is 16.8 Å². The van der Waals surface area contributed by atoms with Crippen LogP contribution in [0.4, 0.5) is 5.69 Å². The highest BCUT2D eigenvalue weighted by molar-refractivity contribution is 7.13. The zero-order valence-corrected chi connectivity index (χ0v) is 14.4. The number of carbonyl (C=O) groups is 1. The van der Waals surface area contributed by atoms with E-state index in [1.165, 1.54) is 28.3 Å². The van der Waals surface area contributed by atoms with Crippen LogP contribution >= 0.6 is 22.9 Å². The summed E-state index contributed by atoms with van der Waals surface area (Å²) < 4.78 is 1.27. The summed E-state index contributed by atoms with van der Waals surface area (Å²) in [7, 11) is 0. The van der Waals surface area contributed by atoms with Crippen molar-refractivity contribution in [3.8, 4) is 10.6 Å². The third kappa shape index (κ3) is 3.72. The molecule has 1 aromatic carbocycles. The normalized spacial score (nSPS) is 10.6. The second-order valence-corrected chi connectivity index (χ2v) is 6.61. The molecule has 1 amide bonds. The Hall–Kier alpha value is -2.44. The van der Waals surface area contributed by atoms with Crippen LogP contribution in [0.1, 0.15) is 5.56 Å². The number of hydrogen-bond donors (Lipinski definition) is 1. The number of benzene rings is 1. The first-order valence-corrected chi connectivity index (χ1v) is 8.45. The van der Waals surface area contributed by atoms with Crippen LogP contribution in [0.2, 0.25) is 5.02 Å². The average Bonchev–Trinajstić information content (AvgIpc) is 3.07. The molecule has 7 heteroatoms. The van der Waals surface area contributed by atoms with E-state index in [1.54, 1.807) is 12.1 Å². The van der Waals surface area contributed by atoms with Crippen LogP contribution in [0.25, 0.3) is 10.6 Å². The summed E-state index contributed by atoms with van der Waals surface area (Å²) in [5.74, 6) is -0.312. The van der Waals surface area contributed by atoms with Gasteiger partial charge in [-0.15, -0.1) is 11.3 Å². The van der Waals surface area contributed by atoms with Gasteiger partial charge in [0.2, 0.25) is 5.91 Å². The number of carbonyl (C=O) groups excluding carboxylic acids is 1. The lowest BCUT2D eigenvalue weighted by atomic mass is 10.2. The molecule has 0 aliphatic heterocycles. The van der Waals surface area contributed by atoms with Crippen molar-refractivity contribution in [2.75, 3.05) is 5.32 Å². The van der Waals surface area contributed by atoms with Gasteiger partial charge in [-0.1, -0.05) is 23.7 Å². The summed E-state index contributed by atoms with van der Waals surface area (Å²) >= 11 is 7.44. The second-order valence-electron chi connectivity index (χ2n) is 5.23. The molecule has 0 radical (unpaired) electrons. The van der Waals surface area contributed by atoms with E-state index in [0.29, 0.717) is 16.4 Å². The molecule has 122 valence electrons. The fourth-order valence-electron chi connectivity index (χ4n) is 2.18. The van der Waals surface area contributed by atoms with E-state index in [9.17, 15) is 9.59 Å². The maximum atomic E-state index is 12.2. The van der Waals surface area contributed by atoms with Gasteiger partial charge in [-0.05, 0) is 36.1 Å². The quantitative estimate of drug-likeness (QED) is 0.774. The van der Waals surface area contributed by atoms with Crippen LogP contribution in [0.3, 0.4) is 0 Å². The summed E-state index contributed by atoms with van der Waals surface area (Å²) in [6.07, 6.45) is 1.39. The van der Waals surface area contributed by atoms with E-state index in [-0.39, 0.29) is 18.0 Å². The van der Waals surface area contributed by atoms with Crippen LogP contribution in [0, 0.1) is 6.92 Å². The minimum absolute atomic E-state index is 0.109. The standard InChI is InChI=1S/C17H14ClN3O2S/c1-11-4-5-12(18)7-13(11)20-16(22)9-21-10-19-14(8-17(21)23)15-3-2-6-24-15/h2-8,10H,9H2,1H3,(H,20,22). The maximum absolute atomic E-state index is 12.2. The highest BCUT2D eigenvalue weighted by Crippen LogP contribution is 2.21. The molecule has 5 nitrogen and oxygen atoms in total. The minimum Gasteiger partial charge on any atom is -0.324 e. The van der Waals surface area contributed by atoms with Crippen molar-refractivity contribution in [1.29, 1.82) is 0 Å². The molecule has 3 rings (SSSR count). The number of amides is 1. The Morgan fingerprint density at radius 2 is 2.17 bits per heavy atom. The molecule has 24 heavy (non-hydrogen) atoms. The summed E-state index contributed by atoms with van der Waals surface area (Å²) in [5.41, 5.74) is 1.86. The van der Waals surface area contributed by atoms with Crippen molar-refractivity contribution in [3.05, 3.63) is 69.0 Å². The summed E-state index contributed by atoms with van der Waals surface area (Å²) in [5, 5.41) is 5.22. The SMILES string of the molecule is Cc1ccc(Cl)cc1NC(=O)Cn1cnc(-c2cccs2)cc1=O. The molecule has 0 spiro atoms. The van der Waals surface area contributed by atoms with Gasteiger partial charge in [0.1, 0.15) is 6.54 Å². The predicted molar refractivity (Wildman–Crippen MR) is 96.6 cm³/mol. The summed E-state index contributed by atoms with van der Waals surface area (Å²) in [4.78, 5) is 29.5. The number of aromatic nitrogens is 2. The molecule has 0 unspecified atom stereocenters. The van der Waals surface area contributed by atoms with Crippen LogP contribution < -0.4 is 10.9 Å². The average molecular weight is 360 g/mol. The van der Waals surface area contributed by atoms with E-state index in [4.69, 9.17) is 11.6 Å². The number of aryl methyl sites for hydroxylation is 1. The molecule has 0 saturated carbocycles. The maximum Gasteiger partial charge on any atom is 0.254 e. The third-order valence-corrected chi connectivity index (χ3v) is 4.57. The number of nitrogens with one attached hydrogen (secondary N) is 1. The van der Waals surface area contributed by atoms with E-state index in [1.807, 2.05) is 30.5 Å². The van der Waals surface area contributed by atoms with Crippen LogP contribution in [0.15, 0.2) is 52.9 Å². The Bertz CT molecular complexity index is 935. The molecule has 1 N–H and O–H groups in total. The van der Waals surface area contributed by atoms with Crippen molar-refractivity contribution in [2.24, 2.45) is 0 Å². The Morgan fingerprint density at radius 3 is 2.88 bits per heavy atom. The third-order valence-electron chi connectivity index (χ3n) is 3.44. The van der Waals surface area contributed by atoms with Gasteiger partial charge in [-0.3, -0.25) is 14.2 Å². The zero-order chi connectivity index (χ0) is 17.1. The lowest BCUT2D eigenvalue weighted by Gasteiger charge is -2.10. The molecule has 0 aliphatic carbocycles.